The van der Waals surface area contributed by atoms with Gasteiger partial charge >= 0.3 is 0 Å². The molecular formula is C27H30ClN5O3. The number of rotatable bonds is 8. The number of nitrogens with one attached hydrogen (secondary N) is 4. The van der Waals surface area contributed by atoms with Crippen molar-refractivity contribution in [3.63, 3.8) is 0 Å². The molecule has 8 nitrogen and oxygen atoms in total. The van der Waals surface area contributed by atoms with E-state index in [0.29, 0.717) is 42.1 Å². The molecule has 188 valence electrons. The topological polar surface area (TPSA) is 123 Å². The summed E-state index contributed by atoms with van der Waals surface area (Å²) in [4.78, 5) is 35.3. The first-order chi connectivity index (χ1) is 17.4. The first-order valence-electron chi connectivity index (χ1n) is 12.1. The lowest BCUT2D eigenvalue weighted by Crippen LogP contribution is -2.50. The largest absolute Gasteiger partial charge is 0.359 e. The van der Waals surface area contributed by atoms with Crippen molar-refractivity contribution in [1.29, 1.82) is 5.41 Å². The molecule has 9 heteroatoms. The Morgan fingerprint density at radius 2 is 1.83 bits per heavy atom. The van der Waals surface area contributed by atoms with Crippen LogP contribution in [0.25, 0.3) is 0 Å². The van der Waals surface area contributed by atoms with Crippen LogP contribution in [0.15, 0.2) is 70.5 Å². The Kier molecular flexibility index (Phi) is 8.51. The van der Waals surface area contributed by atoms with Crippen molar-refractivity contribution in [2.24, 2.45) is 4.99 Å². The zero-order valence-corrected chi connectivity index (χ0v) is 20.7. The van der Waals surface area contributed by atoms with Crippen molar-refractivity contribution >= 4 is 23.3 Å². The van der Waals surface area contributed by atoms with Crippen molar-refractivity contribution in [1.82, 2.24) is 15.3 Å². The van der Waals surface area contributed by atoms with Gasteiger partial charge in [-0.3, -0.25) is 20.0 Å². The number of amides is 1. The van der Waals surface area contributed by atoms with Crippen LogP contribution in [0.4, 0.5) is 0 Å². The Morgan fingerprint density at radius 1 is 1.06 bits per heavy atom. The summed E-state index contributed by atoms with van der Waals surface area (Å²) in [7, 11) is 0. The Bertz CT molecular complexity index is 1330. The molecule has 0 spiro atoms. The zero-order chi connectivity index (χ0) is 25.4. The van der Waals surface area contributed by atoms with Crippen molar-refractivity contribution in [2.75, 3.05) is 6.54 Å². The molecule has 4 N–H and O–H groups in total. The highest BCUT2D eigenvalue weighted by Crippen LogP contribution is 2.32. The van der Waals surface area contributed by atoms with Gasteiger partial charge in [0.15, 0.2) is 5.84 Å². The maximum absolute atomic E-state index is 13.2. The number of hydrogen-bond donors (Lipinski definition) is 4. The van der Waals surface area contributed by atoms with Gasteiger partial charge < -0.3 is 15.0 Å². The number of ether oxygens (including phenoxy) is 1. The van der Waals surface area contributed by atoms with Gasteiger partial charge in [0.25, 0.3) is 11.5 Å². The van der Waals surface area contributed by atoms with E-state index in [0.717, 1.165) is 24.8 Å². The van der Waals surface area contributed by atoms with Crippen molar-refractivity contribution in [3.8, 4) is 0 Å². The molecule has 36 heavy (non-hydrogen) atoms. The highest BCUT2D eigenvalue weighted by molar-refractivity contribution is 6.30. The molecule has 2 aromatic carbocycles. The van der Waals surface area contributed by atoms with E-state index in [1.165, 1.54) is 6.07 Å². The number of benzene rings is 2. The second-order valence-corrected chi connectivity index (χ2v) is 9.37. The van der Waals surface area contributed by atoms with Gasteiger partial charge in [0, 0.05) is 28.9 Å². The van der Waals surface area contributed by atoms with E-state index in [9.17, 15) is 9.59 Å². The summed E-state index contributed by atoms with van der Waals surface area (Å²) in [6.07, 6.45) is 4.76. The monoisotopic (exact) mass is 507 g/mol. The second kappa shape index (κ2) is 12.0. The summed E-state index contributed by atoms with van der Waals surface area (Å²) in [6, 6.07) is 18.0. The third-order valence-corrected chi connectivity index (χ3v) is 6.50. The van der Waals surface area contributed by atoms with Gasteiger partial charge in [0.1, 0.15) is 5.60 Å². The Morgan fingerprint density at radius 3 is 2.58 bits per heavy atom. The van der Waals surface area contributed by atoms with Crippen LogP contribution in [-0.2, 0) is 22.6 Å². The molecule has 1 aliphatic carbocycles. The van der Waals surface area contributed by atoms with Crippen LogP contribution in [-0.4, -0.2) is 33.9 Å². The molecule has 1 fully saturated rings. The number of aromatic nitrogens is 2. The molecule has 0 saturated heterocycles. The van der Waals surface area contributed by atoms with Crippen LogP contribution >= 0.6 is 11.6 Å². The van der Waals surface area contributed by atoms with Crippen LogP contribution in [0, 0.1) is 5.41 Å². The fourth-order valence-electron chi connectivity index (χ4n) is 4.39. The summed E-state index contributed by atoms with van der Waals surface area (Å²) < 4.78 is 6.23. The lowest BCUT2D eigenvalue weighted by atomic mass is 9.83. The number of halogens is 1. The minimum atomic E-state index is -0.947. The lowest BCUT2D eigenvalue weighted by Gasteiger charge is -2.35. The molecule has 1 aromatic heterocycles. The van der Waals surface area contributed by atoms with Crippen LogP contribution in [0.3, 0.4) is 0 Å². The first kappa shape index (κ1) is 25.6. The summed E-state index contributed by atoms with van der Waals surface area (Å²) in [5.41, 5.74) is 1.00. The molecule has 0 radical (unpaired) electrons. The van der Waals surface area contributed by atoms with E-state index >= 15 is 0 Å². The third kappa shape index (κ3) is 6.80. The average Bonchev–Trinajstić information content (AvgIpc) is 2.88. The third-order valence-electron chi connectivity index (χ3n) is 6.26. The smallest absolute Gasteiger partial charge is 0.252 e. The van der Waals surface area contributed by atoms with Gasteiger partial charge in [0.05, 0.1) is 6.61 Å². The van der Waals surface area contributed by atoms with Gasteiger partial charge in [-0.2, -0.15) is 4.99 Å². The SMILES string of the molecule is N=C(/N=c1/[nH]c(COC2(C(=O)NCCc3cccc(Cl)c3)CCCCC2)cc(=O)[nH]1)c1ccccc1. The maximum Gasteiger partial charge on any atom is 0.252 e. The lowest BCUT2D eigenvalue weighted by molar-refractivity contribution is -0.154. The molecule has 1 heterocycles. The molecule has 1 amide bonds. The van der Waals surface area contributed by atoms with E-state index < -0.39 is 5.60 Å². The highest BCUT2D eigenvalue weighted by atomic mass is 35.5. The molecule has 0 unspecified atom stereocenters. The Hall–Kier alpha value is -3.49. The van der Waals surface area contributed by atoms with Gasteiger partial charge in [-0.05, 0) is 37.0 Å². The Balaban J connectivity index is 1.44. The zero-order valence-electron chi connectivity index (χ0n) is 20.0. The first-order valence-corrected chi connectivity index (χ1v) is 12.5. The summed E-state index contributed by atoms with van der Waals surface area (Å²) in [5.74, 6) is -0.117. The molecule has 0 aliphatic heterocycles. The van der Waals surface area contributed by atoms with Gasteiger partial charge in [-0.15, -0.1) is 0 Å². The molecule has 1 saturated carbocycles. The maximum atomic E-state index is 13.2. The molecule has 1 aliphatic rings. The molecular weight excluding hydrogens is 478 g/mol. The fourth-order valence-corrected chi connectivity index (χ4v) is 4.60. The van der Waals surface area contributed by atoms with E-state index in [2.05, 4.69) is 20.3 Å². The quantitative estimate of drug-likeness (QED) is 0.273. The number of carbonyl (C=O) groups is 1. The molecule has 0 atom stereocenters. The van der Waals surface area contributed by atoms with Gasteiger partial charge in [-0.25, -0.2) is 0 Å². The standard InChI is InChI=1S/C27H30ClN5O3/c28-21-11-7-8-19(16-21)12-15-30-25(35)27(13-5-2-6-14-27)36-18-22-17-23(34)32-26(31-22)33-24(29)20-9-3-1-4-10-20/h1,3-4,7-11,16-17H,2,5-6,12-15,18H2,(H,30,35)(H3,29,31,32,33,34). The number of nitrogens with zero attached hydrogens (tertiary/aromatic N) is 1. The second-order valence-electron chi connectivity index (χ2n) is 8.94. The van der Waals surface area contributed by atoms with E-state index in [1.54, 1.807) is 12.1 Å². The van der Waals surface area contributed by atoms with Crippen molar-refractivity contribution in [3.05, 3.63) is 98.5 Å². The van der Waals surface area contributed by atoms with Crippen molar-refractivity contribution in [2.45, 2.75) is 50.7 Å². The fraction of sp³-hybridized carbons (Fsp3) is 0.333. The predicted molar refractivity (Wildman–Crippen MR) is 139 cm³/mol. The number of hydrogen-bond acceptors (Lipinski definition) is 4. The van der Waals surface area contributed by atoms with Crippen LogP contribution in [0.2, 0.25) is 5.02 Å². The van der Waals surface area contributed by atoms with Crippen molar-refractivity contribution < 1.29 is 9.53 Å². The molecule has 0 bridgehead atoms. The predicted octanol–water partition coefficient (Wildman–Crippen LogP) is 3.86. The Labute approximate surface area is 214 Å². The van der Waals surface area contributed by atoms with E-state index in [1.807, 2.05) is 42.5 Å². The molecule has 4 rings (SSSR count). The minimum absolute atomic E-state index is 0.0170. The minimum Gasteiger partial charge on any atom is -0.359 e. The highest BCUT2D eigenvalue weighted by Gasteiger charge is 2.40. The van der Waals surface area contributed by atoms with Gasteiger partial charge in [0.2, 0.25) is 5.62 Å². The summed E-state index contributed by atoms with van der Waals surface area (Å²) >= 11 is 6.06. The summed E-state index contributed by atoms with van der Waals surface area (Å²) in [5, 5.41) is 11.9. The van der Waals surface area contributed by atoms with E-state index in [-0.39, 0.29) is 29.5 Å². The van der Waals surface area contributed by atoms with Crippen LogP contribution < -0.4 is 16.5 Å². The van der Waals surface area contributed by atoms with Crippen LogP contribution in [0.5, 0.6) is 0 Å². The normalized spacial score (nSPS) is 15.4. The van der Waals surface area contributed by atoms with Gasteiger partial charge in [-0.1, -0.05) is 73.3 Å². The average molecular weight is 508 g/mol. The summed E-state index contributed by atoms with van der Waals surface area (Å²) in [6.45, 7) is 0.527. The molecule has 3 aromatic rings. The van der Waals surface area contributed by atoms with E-state index in [4.69, 9.17) is 21.7 Å². The number of aromatic amines is 2. The number of amidine groups is 1. The van der Waals surface area contributed by atoms with Crippen LogP contribution in [0.1, 0.15) is 48.9 Å². The number of carbonyl (C=O) groups excluding carboxylic acids is 1. The number of H-pyrrole nitrogens is 2.